The maximum absolute atomic E-state index is 11.5. The van der Waals surface area contributed by atoms with Crippen LogP contribution in [0, 0.1) is 12.8 Å². The van der Waals surface area contributed by atoms with E-state index in [1.807, 2.05) is 6.92 Å². The topological polar surface area (TPSA) is 78.4 Å². The van der Waals surface area contributed by atoms with Gasteiger partial charge < -0.3 is 13.7 Å². The zero-order valence-electron chi connectivity index (χ0n) is 13.6. The lowest BCUT2D eigenvalue weighted by molar-refractivity contribution is 0.242. The molecule has 24 heavy (non-hydrogen) atoms. The fourth-order valence-corrected chi connectivity index (χ4v) is 2.58. The number of fused-ring (bicyclic) bond motifs is 1. The highest BCUT2D eigenvalue weighted by molar-refractivity contribution is 6.32. The molecule has 0 amide bonds. The van der Waals surface area contributed by atoms with Gasteiger partial charge in [-0.1, -0.05) is 30.6 Å². The van der Waals surface area contributed by atoms with E-state index in [0.29, 0.717) is 34.0 Å². The van der Waals surface area contributed by atoms with Gasteiger partial charge in [0, 0.05) is 23.9 Å². The SMILES string of the molecule is Cc1cc(=O)oc2cc(OCc3nc(CC(C)C)no3)c(Cl)cc12. The van der Waals surface area contributed by atoms with E-state index < -0.39 is 5.63 Å². The predicted octanol–water partition coefficient (Wildman–Crippen LogP) is 3.92. The van der Waals surface area contributed by atoms with Crippen LogP contribution in [0.3, 0.4) is 0 Å². The molecule has 0 atom stereocenters. The molecule has 2 heterocycles. The van der Waals surface area contributed by atoms with E-state index in [4.69, 9.17) is 25.3 Å². The Morgan fingerprint density at radius 3 is 2.83 bits per heavy atom. The molecule has 0 fully saturated rings. The van der Waals surface area contributed by atoms with Crippen molar-refractivity contribution in [1.82, 2.24) is 10.1 Å². The standard InChI is InChI=1S/C17H17ClN2O4/c1-9(2)4-15-19-16(24-20-15)8-22-14-7-13-11(6-12(14)18)10(3)5-17(21)23-13/h5-7,9H,4,8H2,1-3H3. The van der Waals surface area contributed by atoms with Crippen LogP contribution < -0.4 is 10.4 Å². The maximum Gasteiger partial charge on any atom is 0.336 e. The van der Waals surface area contributed by atoms with Crippen molar-refractivity contribution in [3.63, 3.8) is 0 Å². The fourth-order valence-electron chi connectivity index (χ4n) is 2.37. The van der Waals surface area contributed by atoms with E-state index >= 15 is 0 Å². The van der Waals surface area contributed by atoms with Gasteiger partial charge in [-0.3, -0.25) is 0 Å². The van der Waals surface area contributed by atoms with Crippen molar-refractivity contribution in [2.24, 2.45) is 5.92 Å². The smallest absolute Gasteiger partial charge is 0.336 e. The van der Waals surface area contributed by atoms with Crippen molar-refractivity contribution in [3.05, 3.63) is 50.9 Å². The minimum absolute atomic E-state index is 0.0897. The van der Waals surface area contributed by atoms with Gasteiger partial charge in [0.1, 0.15) is 11.3 Å². The lowest BCUT2D eigenvalue weighted by Gasteiger charge is -2.08. The van der Waals surface area contributed by atoms with Gasteiger partial charge in [-0.2, -0.15) is 4.98 Å². The molecule has 0 unspecified atom stereocenters. The first-order valence-corrected chi connectivity index (χ1v) is 7.98. The Bertz CT molecular complexity index is 930. The van der Waals surface area contributed by atoms with Crippen molar-refractivity contribution in [1.29, 1.82) is 0 Å². The molecular formula is C17H17ClN2O4. The first kappa shape index (κ1) is 16.5. The second-order valence-electron chi connectivity index (χ2n) is 6.02. The molecule has 0 spiro atoms. The Morgan fingerprint density at radius 2 is 2.08 bits per heavy atom. The second-order valence-corrected chi connectivity index (χ2v) is 6.43. The van der Waals surface area contributed by atoms with Gasteiger partial charge in [-0.25, -0.2) is 4.79 Å². The molecule has 0 saturated carbocycles. The largest absolute Gasteiger partial charge is 0.482 e. The quantitative estimate of drug-likeness (QED) is 0.650. The highest BCUT2D eigenvalue weighted by atomic mass is 35.5. The summed E-state index contributed by atoms with van der Waals surface area (Å²) in [6.07, 6.45) is 0.741. The van der Waals surface area contributed by atoms with Crippen LogP contribution in [0.5, 0.6) is 5.75 Å². The molecule has 0 aliphatic rings. The summed E-state index contributed by atoms with van der Waals surface area (Å²) in [6, 6.07) is 4.73. The van der Waals surface area contributed by atoms with E-state index in [1.165, 1.54) is 6.07 Å². The molecule has 3 rings (SSSR count). The van der Waals surface area contributed by atoms with Crippen LogP contribution in [0.15, 0.2) is 31.9 Å². The first-order valence-electron chi connectivity index (χ1n) is 7.60. The number of ether oxygens (including phenoxy) is 1. The van der Waals surface area contributed by atoms with Gasteiger partial charge in [-0.15, -0.1) is 0 Å². The van der Waals surface area contributed by atoms with Crippen LogP contribution in [-0.4, -0.2) is 10.1 Å². The normalized spacial score (nSPS) is 11.4. The number of halogens is 1. The zero-order chi connectivity index (χ0) is 17.3. The Kier molecular flexibility index (Phi) is 4.57. The monoisotopic (exact) mass is 348 g/mol. The first-order chi connectivity index (χ1) is 11.4. The third-order valence-corrected chi connectivity index (χ3v) is 3.75. The van der Waals surface area contributed by atoms with Gasteiger partial charge in [0.25, 0.3) is 5.89 Å². The summed E-state index contributed by atoms with van der Waals surface area (Å²) in [6.45, 7) is 6.07. The van der Waals surface area contributed by atoms with Crippen LogP contribution in [0.1, 0.15) is 31.1 Å². The summed E-state index contributed by atoms with van der Waals surface area (Å²) in [7, 11) is 0. The summed E-state index contributed by atoms with van der Waals surface area (Å²) in [5.41, 5.74) is 0.804. The zero-order valence-corrected chi connectivity index (χ0v) is 14.4. The molecule has 0 aliphatic carbocycles. The van der Waals surface area contributed by atoms with E-state index in [-0.39, 0.29) is 6.61 Å². The van der Waals surface area contributed by atoms with Crippen molar-refractivity contribution < 1.29 is 13.7 Å². The molecule has 1 aromatic carbocycles. The van der Waals surface area contributed by atoms with Gasteiger partial charge in [-0.05, 0) is 24.5 Å². The number of aromatic nitrogens is 2. The number of hydrogen-bond acceptors (Lipinski definition) is 6. The van der Waals surface area contributed by atoms with Gasteiger partial charge in [0.05, 0.1) is 5.02 Å². The van der Waals surface area contributed by atoms with Crippen molar-refractivity contribution in [3.8, 4) is 5.75 Å². The minimum atomic E-state index is -0.413. The molecule has 0 bridgehead atoms. The summed E-state index contributed by atoms with van der Waals surface area (Å²) in [5.74, 6) is 1.85. The molecular weight excluding hydrogens is 332 g/mol. The lowest BCUT2D eigenvalue weighted by Crippen LogP contribution is -2.00. The summed E-state index contributed by atoms with van der Waals surface area (Å²) in [5, 5.41) is 5.09. The molecule has 0 N–H and O–H groups in total. The molecule has 3 aromatic rings. The van der Waals surface area contributed by atoms with Crippen LogP contribution in [0.4, 0.5) is 0 Å². The summed E-state index contributed by atoms with van der Waals surface area (Å²) < 4.78 is 16.0. The Labute approximate surface area is 143 Å². The van der Waals surface area contributed by atoms with Crippen LogP contribution >= 0.6 is 11.6 Å². The summed E-state index contributed by atoms with van der Waals surface area (Å²) >= 11 is 6.24. The number of rotatable bonds is 5. The molecule has 6 nitrogen and oxygen atoms in total. The average Bonchev–Trinajstić information content (AvgIpc) is 2.92. The average molecular weight is 349 g/mol. The number of benzene rings is 1. The number of aryl methyl sites for hydroxylation is 1. The third-order valence-electron chi connectivity index (χ3n) is 3.46. The van der Waals surface area contributed by atoms with Crippen LogP contribution in [0.25, 0.3) is 11.0 Å². The third kappa shape index (κ3) is 3.59. The van der Waals surface area contributed by atoms with Crippen LogP contribution in [0.2, 0.25) is 5.02 Å². The van der Waals surface area contributed by atoms with Crippen molar-refractivity contribution in [2.45, 2.75) is 33.8 Å². The van der Waals surface area contributed by atoms with E-state index in [2.05, 4.69) is 24.0 Å². The number of nitrogens with zero attached hydrogens (tertiary/aromatic N) is 2. The van der Waals surface area contributed by atoms with E-state index in [9.17, 15) is 4.79 Å². The van der Waals surface area contributed by atoms with Crippen molar-refractivity contribution in [2.75, 3.05) is 0 Å². The molecule has 0 aliphatic heterocycles. The highest BCUT2D eigenvalue weighted by Crippen LogP contribution is 2.31. The minimum Gasteiger partial charge on any atom is -0.482 e. The maximum atomic E-state index is 11.5. The van der Waals surface area contributed by atoms with Crippen LogP contribution in [-0.2, 0) is 13.0 Å². The Hall–Kier alpha value is -2.34. The molecule has 0 saturated heterocycles. The molecule has 0 radical (unpaired) electrons. The second kappa shape index (κ2) is 6.65. The molecule has 2 aromatic heterocycles. The van der Waals surface area contributed by atoms with Crippen molar-refractivity contribution >= 4 is 22.6 Å². The lowest BCUT2D eigenvalue weighted by atomic mass is 10.1. The van der Waals surface area contributed by atoms with Gasteiger partial charge in [0.2, 0.25) is 0 Å². The Balaban J connectivity index is 1.81. The fraction of sp³-hybridized carbons (Fsp3) is 0.353. The molecule has 7 heteroatoms. The number of hydrogen-bond donors (Lipinski definition) is 0. The van der Waals surface area contributed by atoms with Gasteiger partial charge >= 0.3 is 5.63 Å². The Morgan fingerprint density at radius 1 is 1.29 bits per heavy atom. The van der Waals surface area contributed by atoms with E-state index in [0.717, 1.165) is 17.4 Å². The van der Waals surface area contributed by atoms with Gasteiger partial charge in [0.15, 0.2) is 12.4 Å². The van der Waals surface area contributed by atoms with E-state index in [1.54, 1.807) is 12.1 Å². The highest BCUT2D eigenvalue weighted by Gasteiger charge is 2.12. The predicted molar refractivity (Wildman–Crippen MR) is 89.4 cm³/mol. The summed E-state index contributed by atoms with van der Waals surface area (Å²) in [4.78, 5) is 15.8. The molecule has 126 valence electrons.